The molecule has 0 aromatic rings. The highest BCUT2D eigenvalue weighted by Crippen LogP contribution is 2.34. The van der Waals surface area contributed by atoms with Gasteiger partial charge >= 0.3 is 5.97 Å². The van der Waals surface area contributed by atoms with Crippen molar-refractivity contribution in [3.63, 3.8) is 0 Å². The molecule has 0 amide bonds. The molecule has 250 valence electrons. The summed E-state index contributed by atoms with van der Waals surface area (Å²) in [5.41, 5.74) is 0.616. The normalized spacial score (nSPS) is 27.8. The molecule has 0 radical (unpaired) electrons. The number of aliphatic hydroxyl groups is 3. The Morgan fingerprint density at radius 1 is 0.674 bits per heavy atom. The Morgan fingerprint density at radius 3 is 1.56 bits per heavy atom. The van der Waals surface area contributed by atoms with Crippen molar-refractivity contribution >= 4 is 5.97 Å². The number of ether oxygens (including phenoxy) is 3. The fourth-order valence-corrected chi connectivity index (χ4v) is 7.11. The van der Waals surface area contributed by atoms with Gasteiger partial charge in [-0.3, -0.25) is 0 Å². The lowest BCUT2D eigenvalue weighted by Crippen LogP contribution is -2.33. The zero-order valence-corrected chi connectivity index (χ0v) is 27.4. The smallest absolute Gasteiger partial charge is 0.334 e. The first-order chi connectivity index (χ1) is 20.9. The average molecular weight is 609 g/mol. The predicted octanol–water partition coefficient (Wildman–Crippen LogP) is 7.47. The molecule has 0 spiro atoms. The van der Waals surface area contributed by atoms with E-state index in [-0.39, 0.29) is 42.6 Å². The van der Waals surface area contributed by atoms with Gasteiger partial charge in [0.25, 0.3) is 0 Å². The Hall–Kier alpha value is -0.990. The summed E-state index contributed by atoms with van der Waals surface area (Å²) in [6.45, 7) is 4.08. The highest BCUT2D eigenvalue weighted by Gasteiger charge is 2.40. The molecule has 8 atom stereocenters. The number of cyclic esters (lactones) is 1. The van der Waals surface area contributed by atoms with Crippen LogP contribution in [0.3, 0.4) is 0 Å². The molecule has 2 saturated heterocycles. The number of esters is 1. The minimum absolute atomic E-state index is 0.0523. The summed E-state index contributed by atoms with van der Waals surface area (Å²) < 4.78 is 17.6. The Bertz CT molecular complexity index is 786. The maximum Gasteiger partial charge on any atom is 0.334 e. The van der Waals surface area contributed by atoms with Gasteiger partial charge < -0.3 is 29.5 Å². The molecular weight excluding hydrogens is 544 g/mol. The highest BCUT2D eigenvalue weighted by molar-refractivity contribution is 5.90. The highest BCUT2D eigenvalue weighted by atomic mass is 16.6. The van der Waals surface area contributed by atoms with Crippen LogP contribution in [-0.4, -0.2) is 70.1 Å². The number of hydrogen-bond donors (Lipinski definition) is 3. The summed E-state index contributed by atoms with van der Waals surface area (Å²) >= 11 is 0. The van der Waals surface area contributed by atoms with Crippen molar-refractivity contribution in [2.24, 2.45) is 0 Å². The third-order valence-electron chi connectivity index (χ3n) is 9.78. The standard InChI is InChI=1S/C36H64O7/c1-3-4-5-6-9-13-16-19-30(38)32-21-23-34(42-32)35-24-22-33(43-35)31(39)20-17-14-11-8-7-10-12-15-18-29(37)26-28-25-27(2)41-36(28)40/h25,27,29-35,37-39H,3-24,26H2,1-2H3/t27-,29+,30+,31+,32+,33+,34-,35+/m0/s1. The van der Waals surface area contributed by atoms with Crippen molar-refractivity contribution in [3.05, 3.63) is 11.6 Å². The molecule has 2 fully saturated rings. The molecule has 0 aromatic heterocycles. The lowest BCUT2D eigenvalue weighted by atomic mass is 10.00. The first-order valence-corrected chi connectivity index (χ1v) is 18.1. The van der Waals surface area contributed by atoms with Crippen molar-refractivity contribution in [2.75, 3.05) is 0 Å². The molecule has 0 aliphatic carbocycles. The van der Waals surface area contributed by atoms with Gasteiger partial charge in [-0.1, -0.05) is 103 Å². The molecule has 3 aliphatic heterocycles. The summed E-state index contributed by atoms with van der Waals surface area (Å²) in [5.74, 6) is -0.281. The second-order valence-electron chi connectivity index (χ2n) is 13.7. The van der Waals surface area contributed by atoms with E-state index < -0.39 is 12.2 Å². The van der Waals surface area contributed by atoms with Crippen molar-refractivity contribution in [1.29, 1.82) is 0 Å². The summed E-state index contributed by atoms with van der Waals surface area (Å²) in [6.07, 6.45) is 24.7. The zero-order chi connectivity index (χ0) is 30.9. The van der Waals surface area contributed by atoms with Crippen molar-refractivity contribution in [3.8, 4) is 0 Å². The van der Waals surface area contributed by atoms with Crippen LogP contribution in [-0.2, 0) is 19.0 Å². The number of carbonyl (C=O) groups is 1. The van der Waals surface area contributed by atoms with Gasteiger partial charge in [-0.2, -0.15) is 0 Å². The lowest BCUT2D eigenvalue weighted by molar-refractivity contribution is -0.139. The summed E-state index contributed by atoms with van der Waals surface area (Å²) in [6, 6.07) is 0. The molecule has 0 saturated carbocycles. The minimum atomic E-state index is -0.463. The Morgan fingerprint density at radius 2 is 1.12 bits per heavy atom. The number of hydrogen-bond acceptors (Lipinski definition) is 7. The molecule has 0 bridgehead atoms. The monoisotopic (exact) mass is 608 g/mol. The van der Waals surface area contributed by atoms with Crippen LogP contribution in [0.4, 0.5) is 0 Å². The van der Waals surface area contributed by atoms with E-state index in [1.165, 1.54) is 64.2 Å². The van der Waals surface area contributed by atoms with E-state index in [1.54, 1.807) is 0 Å². The number of unbranched alkanes of at least 4 members (excludes halogenated alkanes) is 13. The predicted molar refractivity (Wildman–Crippen MR) is 171 cm³/mol. The Labute approximate surface area is 262 Å². The van der Waals surface area contributed by atoms with Gasteiger partial charge in [-0.25, -0.2) is 4.79 Å². The van der Waals surface area contributed by atoms with Crippen LogP contribution in [0.15, 0.2) is 11.6 Å². The van der Waals surface area contributed by atoms with E-state index in [0.29, 0.717) is 12.0 Å². The third-order valence-corrected chi connectivity index (χ3v) is 9.78. The average Bonchev–Trinajstić information content (AvgIpc) is 3.73. The second-order valence-corrected chi connectivity index (χ2v) is 13.7. The first kappa shape index (κ1) is 36.5. The maximum atomic E-state index is 11.7. The van der Waals surface area contributed by atoms with Crippen molar-refractivity contribution in [2.45, 2.75) is 210 Å². The van der Waals surface area contributed by atoms with Crippen LogP contribution in [0, 0.1) is 0 Å². The van der Waals surface area contributed by atoms with E-state index in [0.717, 1.165) is 77.0 Å². The SMILES string of the molecule is CCCCCCCCC[C@@H](O)[C@H]1CC[C@@H]([C@H]2CC[C@H]([C@H](O)CCCCCCCCCC[C@@H](O)CC3=C[C@H](C)OC3=O)O2)O1. The summed E-state index contributed by atoms with van der Waals surface area (Å²) in [7, 11) is 0. The molecule has 0 aromatic carbocycles. The van der Waals surface area contributed by atoms with Crippen LogP contribution in [0.1, 0.15) is 162 Å². The van der Waals surface area contributed by atoms with Crippen LogP contribution in [0.5, 0.6) is 0 Å². The Balaban J connectivity index is 1.13. The van der Waals surface area contributed by atoms with E-state index in [9.17, 15) is 20.1 Å². The largest absolute Gasteiger partial charge is 0.455 e. The van der Waals surface area contributed by atoms with Gasteiger partial charge in [0.1, 0.15) is 6.10 Å². The topological polar surface area (TPSA) is 105 Å². The third kappa shape index (κ3) is 13.9. The number of carbonyl (C=O) groups excluding carboxylic acids is 1. The van der Waals surface area contributed by atoms with Crippen LogP contribution in [0.25, 0.3) is 0 Å². The summed E-state index contributed by atoms with van der Waals surface area (Å²) in [5, 5.41) is 31.6. The lowest BCUT2D eigenvalue weighted by Gasteiger charge is -2.24. The molecule has 43 heavy (non-hydrogen) atoms. The molecule has 3 N–H and O–H groups in total. The Kier molecular flexibility index (Phi) is 17.8. The van der Waals surface area contributed by atoms with Gasteiger partial charge in [0, 0.05) is 12.0 Å². The molecular formula is C36H64O7. The van der Waals surface area contributed by atoms with Gasteiger partial charge in [-0.15, -0.1) is 0 Å². The number of rotatable bonds is 24. The quantitative estimate of drug-likeness (QED) is 0.0771. The minimum Gasteiger partial charge on any atom is -0.455 e. The molecule has 3 aliphatic rings. The van der Waals surface area contributed by atoms with Gasteiger partial charge in [-0.05, 0) is 57.9 Å². The molecule has 3 rings (SSSR count). The molecule has 7 nitrogen and oxygen atoms in total. The summed E-state index contributed by atoms with van der Waals surface area (Å²) in [4.78, 5) is 11.7. The van der Waals surface area contributed by atoms with Crippen molar-refractivity contribution < 1.29 is 34.3 Å². The van der Waals surface area contributed by atoms with E-state index in [4.69, 9.17) is 14.2 Å². The van der Waals surface area contributed by atoms with Crippen LogP contribution in [0.2, 0.25) is 0 Å². The van der Waals surface area contributed by atoms with Crippen LogP contribution >= 0.6 is 0 Å². The van der Waals surface area contributed by atoms with E-state index >= 15 is 0 Å². The molecule has 7 heteroatoms. The molecule has 0 unspecified atom stereocenters. The maximum absolute atomic E-state index is 11.7. The van der Waals surface area contributed by atoms with Gasteiger partial charge in [0.15, 0.2) is 0 Å². The fourth-order valence-electron chi connectivity index (χ4n) is 7.11. The fraction of sp³-hybridized carbons (Fsp3) is 0.917. The number of aliphatic hydroxyl groups excluding tert-OH is 3. The van der Waals surface area contributed by atoms with Gasteiger partial charge in [0.05, 0.1) is 42.7 Å². The van der Waals surface area contributed by atoms with Crippen molar-refractivity contribution in [1.82, 2.24) is 0 Å². The van der Waals surface area contributed by atoms with E-state index in [2.05, 4.69) is 6.92 Å². The second kappa shape index (κ2) is 20.9. The zero-order valence-electron chi connectivity index (χ0n) is 27.4. The molecule has 3 heterocycles. The van der Waals surface area contributed by atoms with Crippen LogP contribution < -0.4 is 0 Å². The first-order valence-electron chi connectivity index (χ1n) is 18.1. The van der Waals surface area contributed by atoms with Gasteiger partial charge in [0.2, 0.25) is 0 Å². The van der Waals surface area contributed by atoms with E-state index in [1.807, 2.05) is 13.0 Å².